The quantitative estimate of drug-likeness (QED) is 0.589. The second-order valence-corrected chi connectivity index (χ2v) is 3.97. The first-order valence-electron chi connectivity index (χ1n) is 6.22. The van der Waals surface area contributed by atoms with Crippen molar-refractivity contribution < 1.29 is 26.5 Å². The predicted octanol–water partition coefficient (Wildman–Crippen LogP) is 0.699. The topological polar surface area (TPSA) is 18.5 Å². The molecular formula is C16H17BrMgO2. The fraction of sp³-hybridized carbons (Fsp3) is 0.250. The summed E-state index contributed by atoms with van der Waals surface area (Å²) in [5, 5.41) is 0. The molecule has 2 nitrogen and oxygen atoms in total. The molecule has 1 fully saturated rings. The van der Waals surface area contributed by atoms with Crippen molar-refractivity contribution in [1.29, 1.82) is 0 Å². The van der Waals surface area contributed by atoms with Gasteiger partial charge in [0.05, 0.1) is 0 Å². The van der Waals surface area contributed by atoms with E-state index in [2.05, 4.69) is 6.07 Å². The van der Waals surface area contributed by atoms with E-state index in [4.69, 9.17) is 9.47 Å². The van der Waals surface area contributed by atoms with Crippen LogP contribution in [0.5, 0.6) is 11.5 Å². The molecular weight excluding hydrogens is 328 g/mol. The van der Waals surface area contributed by atoms with Crippen molar-refractivity contribution >= 4 is 23.1 Å². The van der Waals surface area contributed by atoms with E-state index in [-0.39, 0.29) is 40.0 Å². The zero-order valence-electron chi connectivity index (χ0n) is 11.4. The number of halogens is 1. The average molecular weight is 346 g/mol. The number of hydrogen-bond donors (Lipinski definition) is 0. The Morgan fingerprint density at radius 1 is 0.850 bits per heavy atom. The summed E-state index contributed by atoms with van der Waals surface area (Å²) in [7, 11) is 0. The molecule has 20 heavy (non-hydrogen) atoms. The van der Waals surface area contributed by atoms with Crippen LogP contribution < -0.4 is 21.7 Å². The van der Waals surface area contributed by atoms with E-state index in [1.54, 1.807) is 0 Å². The first kappa shape index (κ1) is 19.4. The monoisotopic (exact) mass is 344 g/mol. The molecule has 0 aromatic heterocycles. The molecule has 0 unspecified atom stereocenters. The maximum Gasteiger partial charge on any atom is 2.00 e. The molecule has 1 saturated heterocycles. The SMILES string of the molecule is C1CCOC1.[Br-].[Mg+2].[c-]1ccc(Oc2ccccc2)cc1. The summed E-state index contributed by atoms with van der Waals surface area (Å²) in [5.74, 6) is 1.69. The summed E-state index contributed by atoms with van der Waals surface area (Å²) < 4.78 is 10.5. The first-order valence-corrected chi connectivity index (χ1v) is 6.22. The smallest absolute Gasteiger partial charge is 1.00 e. The minimum absolute atomic E-state index is 0. The summed E-state index contributed by atoms with van der Waals surface area (Å²) in [6.07, 6.45) is 2.56. The molecule has 2 aromatic carbocycles. The van der Waals surface area contributed by atoms with Crippen LogP contribution in [0.1, 0.15) is 12.8 Å². The largest absolute Gasteiger partial charge is 2.00 e. The van der Waals surface area contributed by atoms with Crippen molar-refractivity contribution in [3.63, 3.8) is 0 Å². The molecule has 0 spiro atoms. The average Bonchev–Trinajstić information content (AvgIpc) is 3.00. The van der Waals surface area contributed by atoms with E-state index in [0.717, 1.165) is 24.7 Å². The Balaban J connectivity index is 0.000000443. The third kappa shape index (κ3) is 7.90. The Morgan fingerprint density at radius 3 is 1.90 bits per heavy atom. The number of hydrogen-bond acceptors (Lipinski definition) is 2. The van der Waals surface area contributed by atoms with Crippen LogP contribution in [0.25, 0.3) is 0 Å². The normalized spacial score (nSPS) is 12.2. The van der Waals surface area contributed by atoms with Crippen molar-refractivity contribution in [3.05, 3.63) is 60.7 Å². The van der Waals surface area contributed by atoms with Gasteiger partial charge in [-0.3, -0.25) is 0 Å². The Morgan fingerprint density at radius 2 is 1.40 bits per heavy atom. The fourth-order valence-corrected chi connectivity index (χ4v) is 1.57. The molecule has 2 aromatic rings. The maximum absolute atomic E-state index is 5.56. The van der Waals surface area contributed by atoms with Gasteiger partial charge in [0.2, 0.25) is 0 Å². The van der Waals surface area contributed by atoms with Gasteiger partial charge >= 0.3 is 23.1 Å². The summed E-state index contributed by atoms with van der Waals surface area (Å²) >= 11 is 0. The molecule has 0 saturated carbocycles. The van der Waals surface area contributed by atoms with E-state index < -0.39 is 0 Å². The van der Waals surface area contributed by atoms with Crippen molar-refractivity contribution in [2.45, 2.75) is 12.8 Å². The van der Waals surface area contributed by atoms with Gasteiger partial charge in [0.1, 0.15) is 5.75 Å². The van der Waals surface area contributed by atoms with Gasteiger partial charge in [-0.2, -0.15) is 18.2 Å². The Bertz CT molecular complexity index is 388. The molecule has 0 amide bonds. The van der Waals surface area contributed by atoms with E-state index in [9.17, 15) is 0 Å². The zero-order valence-corrected chi connectivity index (χ0v) is 14.4. The second kappa shape index (κ2) is 12.2. The van der Waals surface area contributed by atoms with Crippen molar-refractivity contribution in [2.75, 3.05) is 13.2 Å². The molecule has 0 N–H and O–H groups in total. The minimum Gasteiger partial charge on any atom is -1.00 e. The summed E-state index contributed by atoms with van der Waals surface area (Å²) in [5.41, 5.74) is 0. The van der Waals surface area contributed by atoms with Crippen LogP contribution in [0.3, 0.4) is 0 Å². The zero-order chi connectivity index (χ0) is 12.5. The van der Waals surface area contributed by atoms with E-state index in [0.29, 0.717) is 0 Å². The third-order valence-corrected chi connectivity index (χ3v) is 2.49. The number of para-hydroxylation sites is 1. The summed E-state index contributed by atoms with van der Waals surface area (Å²) in [6, 6.07) is 20.1. The van der Waals surface area contributed by atoms with Crippen molar-refractivity contribution in [2.24, 2.45) is 0 Å². The number of benzene rings is 2. The van der Waals surface area contributed by atoms with Gasteiger partial charge in [0, 0.05) is 19.0 Å². The van der Waals surface area contributed by atoms with Gasteiger partial charge in [-0.1, -0.05) is 18.2 Å². The molecule has 1 aliphatic heterocycles. The second-order valence-electron chi connectivity index (χ2n) is 3.97. The van der Waals surface area contributed by atoms with Crippen molar-refractivity contribution in [3.8, 4) is 11.5 Å². The molecule has 1 heterocycles. The van der Waals surface area contributed by atoms with E-state index in [1.807, 2.05) is 54.6 Å². The maximum atomic E-state index is 5.56. The minimum atomic E-state index is 0. The van der Waals surface area contributed by atoms with Crippen LogP contribution in [-0.4, -0.2) is 36.3 Å². The molecule has 3 rings (SSSR count). The van der Waals surface area contributed by atoms with E-state index in [1.165, 1.54) is 12.8 Å². The molecule has 102 valence electrons. The van der Waals surface area contributed by atoms with Gasteiger partial charge in [-0.25, -0.2) is 0 Å². The van der Waals surface area contributed by atoms with Gasteiger partial charge in [0.25, 0.3) is 0 Å². The molecule has 4 heteroatoms. The Hall–Kier alpha value is -0.554. The van der Waals surface area contributed by atoms with Crippen LogP contribution in [-0.2, 0) is 4.74 Å². The number of rotatable bonds is 2. The van der Waals surface area contributed by atoms with Crippen LogP contribution in [0.15, 0.2) is 54.6 Å². The van der Waals surface area contributed by atoms with Gasteiger partial charge in [-0.05, 0) is 25.0 Å². The Kier molecular flexibility index (Phi) is 11.9. The predicted molar refractivity (Wildman–Crippen MR) is 77.6 cm³/mol. The molecule has 0 bridgehead atoms. The van der Waals surface area contributed by atoms with Gasteiger partial charge in [0.15, 0.2) is 0 Å². The Labute approximate surface area is 147 Å². The molecule has 0 atom stereocenters. The van der Waals surface area contributed by atoms with Crippen LogP contribution in [0, 0.1) is 6.07 Å². The van der Waals surface area contributed by atoms with Gasteiger partial charge in [-0.15, -0.1) is 12.1 Å². The molecule has 1 aliphatic rings. The van der Waals surface area contributed by atoms with E-state index >= 15 is 0 Å². The molecule has 0 radical (unpaired) electrons. The summed E-state index contributed by atoms with van der Waals surface area (Å²) in [4.78, 5) is 0. The van der Waals surface area contributed by atoms with Crippen LogP contribution >= 0.6 is 0 Å². The first-order chi connectivity index (χ1) is 8.95. The van der Waals surface area contributed by atoms with Crippen LogP contribution in [0.4, 0.5) is 0 Å². The van der Waals surface area contributed by atoms with Crippen LogP contribution in [0.2, 0.25) is 0 Å². The summed E-state index contributed by atoms with van der Waals surface area (Å²) in [6.45, 7) is 2.00. The molecule has 0 aliphatic carbocycles. The fourth-order valence-electron chi connectivity index (χ4n) is 1.57. The third-order valence-electron chi connectivity index (χ3n) is 2.49. The van der Waals surface area contributed by atoms with Gasteiger partial charge < -0.3 is 26.5 Å². The van der Waals surface area contributed by atoms with Crippen molar-refractivity contribution in [1.82, 2.24) is 0 Å². The number of ether oxygens (including phenoxy) is 2. The standard InChI is InChI=1S/C12H9O.C4H8O.BrH.Mg/c1-3-7-11(8-4-1)13-12-9-5-2-6-10-12;1-2-4-5-3-1;;/h1,3-10H;1-4H2;1H;/q-1;;;+2/p-1.